The van der Waals surface area contributed by atoms with E-state index in [0.717, 1.165) is 40.9 Å². The number of fused-ring (bicyclic) bond motifs is 3. The fourth-order valence-corrected chi connectivity index (χ4v) is 4.62. The highest BCUT2D eigenvalue weighted by atomic mass is 127. The fraction of sp³-hybridized carbons (Fsp3) is 0.217. The Morgan fingerprint density at radius 2 is 2.07 bits per heavy atom. The Kier molecular flexibility index (Phi) is 4.75. The van der Waals surface area contributed by atoms with E-state index in [9.17, 15) is 4.79 Å². The predicted octanol–water partition coefficient (Wildman–Crippen LogP) is 3.97. The first kappa shape index (κ1) is 18.6. The number of rotatable bonds is 3. The van der Waals surface area contributed by atoms with Crippen LogP contribution in [0.2, 0.25) is 0 Å². The van der Waals surface area contributed by atoms with Crippen LogP contribution in [-0.4, -0.2) is 20.7 Å². The quantitative estimate of drug-likeness (QED) is 0.345. The highest BCUT2D eigenvalue weighted by Crippen LogP contribution is 2.29. The highest BCUT2D eigenvalue weighted by molar-refractivity contribution is 14.1. The number of halogens is 1. The third-order valence-corrected chi connectivity index (χ3v) is 6.61. The van der Waals surface area contributed by atoms with Crippen molar-refractivity contribution in [1.29, 1.82) is 0 Å². The third-order valence-electron chi connectivity index (χ3n) is 5.73. The normalized spacial score (nSPS) is 13.6. The molecular formula is C23H21IN4O. The SMILES string of the molecule is Cn1c2c(c3ccc(-n4ccc(-c5ccc(CI)cn5)cc4=O)cc31)CNCC2. The first-order valence-electron chi connectivity index (χ1n) is 9.71. The molecule has 0 bridgehead atoms. The van der Waals surface area contributed by atoms with E-state index in [1.54, 1.807) is 10.6 Å². The largest absolute Gasteiger partial charge is 0.347 e. The summed E-state index contributed by atoms with van der Waals surface area (Å²) in [5.41, 5.74) is 7.60. The van der Waals surface area contributed by atoms with Gasteiger partial charge in [0.05, 0.1) is 16.9 Å². The van der Waals surface area contributed by atoms with Crippen molar-refractivity contribution in [3.63, 3.8) is 0 Å². The van der Waals surface area contributed by atoms with Crippen molar-refractivity contribution in [3.8, 4) is 16.9 Å². The van der Waals surface area contributed by atoms with E-state index in [-0.39, 0.29) is 5.56 Å². The van der Waals surface area contributed by atoms with Gasteiger partial charge < -0.3 is 9.88 Å². The number of nitrogens with one attached hydrogen (secondary N) is 1. The minimum Gasteiger partial charge on any atom is -0.347 e. The molecule has 1 aliphatic rings. The molecule has 0 atom stereocenters. The molecule has 5 rings (SSSR count). The minimum absolute atomic E-state index is 0.0535. The summed E-state index contributed by atoms with van der Waals surface area (Å²) >= 11 is 2.32. The Morgan fingerprint density at radius 3 is 2.83 bits per heavy atom. The van der Waals surface area contributed by atoms with Crippen LogP contribution < -0.4 is 10.9 Å². The zero-order valence-corrected chi connectivity index (χ0v) is 18.3. The summed E-state index contributed by atoms with van der Waals surface area (Å²) in [6.07, 6.45) is 4.75. The van der Waals surface area contributed by atoms with Crippen LogP contribution in [0.15, 0.2) is 59.7 Å². The van der Waals surface area contributed by atoms with Crippen molar-refractivity contribution in [1.82, 2.24) is 19.4 Å². The van der Waals surface area contributed by atoms with Crippen LogP contribution in [0.1, 0.15) is 16.8 Å². The van der Waals surface area contributed by atoms with Crippen molar-refractivity contribution in [2.45, 2.75) is 17.4 Å². The molecule has 0 saturated carbocycles. The molecule has 6 heteroatoms. The van der Waals surface area contributed by atoms with Gasteiger partial charge in [-0.25, -0.2) is 0 Å². The van der Waals surface area contributed by atoms with Crippen LogP contribution in [-0.2, 0) is 24.4 Å². The van der Waals surface area contributed by atoms with Crippen LogP contribution in [0.4, 0.5) is 0 Å². The minimum atomic E-state index is -0.0535. The summed E-state index contributed by atoms with van der Waals surface area (Å²) in [4.78, 5) is 17.4. The first-order chi connectivity index (χ1) is 14.2. The molecule has 0 saturated heterocycles. The Labute approximate surface area is 182 Å². The average Bonchev–Trinajstić information content (AvgIpc) is 3.06. The summed E-state index contributed by atoms with van der Waals surface area (Å²) < 4.78 is 4.90. The summed E-state index contributed by atoms with van der Waals surface area (Å²) in [6.45, 7) is 1.92. The highest BCUT2D eigenvalue weighted by Gasteiger charge is 2.18. The Morgan fingerprint density at radius 1 is 1.17 bits per heavy atom. The van der Waals surface area contributed by atoms with Gasteiger partial charge in [-0.2, -0.15) is 0 Å². The van der Waals surface area contributed by atoms with Gasteiger partial charge in [-0.05, 0) is 35.4 Å². The zero-order chi connectivity index (χ0) is 20.0. The smallest absolute Gasteiger partial charge is 0.255 e. The molecular weight excluding hydrogens is 475 g/mol. The predicted molar refractivity (Wildman–Crippen MR) is 125 cm³/mol. The molecule has 5 nitrogen and oxygen atoms in total. The number of hydrogen-bond acceptors (Lipinski definition) is 3. The van der Waals surface area contributed by atoms with Gasteiger partial charge in [0, 0.05) is 66.1 Å². The first-order valence-corrected chi connectivity index (χ1v) is 11.2. The van der Waals surface area contributed by atoms with E-state index >= 15 is 0 Å². The molecule has 29 heavy (non-hydrogen) atoms. The maximum atomic E-state index is 12.9. The molecule has 0 radical (unpaired) electrons. The lowest BCUT2D eigenvalue weighted by atomic mass is 10.1. The molecule has 4 aromatic rings. The van der Waals surface area contributed by atoms with Gasteiger partial charge in [0.15, 0.2) is 0 Å². The molecule has 146 valence electrons. The van der Waals surface area contributed by atoms with Gasteiger partial charge in [0.25, 0.3) is 5.56 Å². The summed E-state index contributed by atoms with van der Waals surface area (Å²) in [5.74, 6) is 0. The second-order valence-corrected chi connectivity index (χ2v) is 8.18. The number of pyridine rings is 2. The van der Waals surface area contributed by atoms with E-state index in [0.29, 0.717) is 0 Å². The van der Waals surface area contributed by atoms with E-state index in [1.165, 1.54) is 27.7 Å². The number of aromatic nitrogens is 3. The molecule has 4 heterocycles. The maximum absolute atomic E-state index is 12.9. The van der Waals surface area contributed by atoms with E-state index in [1.807, 2.05) is 30.6 Å². The third kappa shape index (κ3) is 3.20. The molecule has 0 amide bonds. The van der Waals surface area contributed by atoms with Gasteiger partial charge >= 0.3 is 0 Å². The molecule has 1 aromatic carbocycles. The van der Waals surface area contributed by atoms with E-state index < -0.39 is 0 Å². The number of nitrogens with zero attached hydrogens (tertiary/aromatic N) is 3. The lowest BCUT2D eigenvalue weighted by Gasteiger charge is -2.14. The molecule has 3 aromatic heterocycles. The molecule has 0 spiro atoms. The second-order valence-electron chi connectivity index (χ2n) is 7.42. The second kappa shape index (κ2) is 7.42. The average molecular weight is 496 g/mol. The van der Waals surface area contributed by atoms with Crippen molar-refractivity contribution in [2.75, 3.05) is 6.54 Å². The van der Waals surface area contributed by atoms with Crippen LogP contribution in [0, 0.1) is 0 Å². The topological polar surface area (TPSA) is 51.9 Å². The summed E-state index contributed by atoms with van der Waals surface area (Å²) in [7, 11) is 2.12. The van der Waals surface area contributed by atoms with Crippen molar-refractivity contribution in [3.05, 3.63) is 82.0 Å². The molecule has 0 unspecified atom stereocenters. The van der Waals surface area contributed by atoms with Gasteiger partial charge in [-0.15, -0.1) is 0 Å². The van der Waals surface area contributed by atoms with Crippen LogP contribution >= 0.6 is 22.6 Å². The molecule has 0 fully saturated rings. The van der Waals surface area contributed by atoms with Crippen molar-refractivity contribution < 1.29 is 0 Å². The monoisotopic (exact) mass is 496 g/mol. The Balaban J connectivity index is 1.56. The number of alkyl halides is 1. The lowest BCUT2D eigenvalue weighted by Crippen LogP contribution is -2.24. The Bertz CT molecular complexity index is 1270. The van der Waals surface area contributed by atoms with Gasteiger partial charge in [0.2, 0.25) is 0 Å². The maximum Gasteiger partial charge on any atom is 0.255 e. The number of hydrogen-bond donors (Lipinski definition) is 1. The Hall–Kier alpha value is -2.45. The molecule has 1 aliphatic heterocycles. The van der Waals surface area contributed by atoms with Crippen LogP contribution in [0.25, 0.3) is 27.8 Å². The van der Waals surface area contributed by atoms with Crippen molar-refractivity contribution in [2.24, 2.45) is 7.05 Å². The summed E-state index contributed by atoms with van der Waals surface area (Å²) in [6, 6.07) is 13.9. The number of aryl methyl sites for hydroxylation is 1. The standard InChI is InChI=1S/C23H21IN4O/c1-27-21-6-8-25-14-19(21)18-4-3-17(11-22(18)27)28-9-7-16(10-23(28)29)20-5-2-15(12-24)13-26-20/h2-5,7,9-11,13,25H,6,8,12,14H2,1H3. The van der Waals surface area contributed by atoms with Gasteiger partial charge in [0.1, 0.15) is 0 Å². The van der Waals surface area contributed by atoms with E-state index in [4.69, 9.17) is 0 Å². The van der Waals surface area contributed by atoms with Crippen LogP contribution in [0.5, 0.6) is 0 Å². The van der Waals surface area contributed by atoms with Crippen LogP contribution in [0.3, 0.4) is 0 Å². The molecule has 1 N–H and O–H groups in total. The van der Waals surface area contributed by atoms with Gasteiger partial charge in [-0.3, -0.25) is 14.3 Å². The van der Waals surface area contributed by atoms with E-state index in [2.05, 4.69) is 62.7 Å². The zero-order valence-electron chi connectivity index (χ0n) is 16.2. The molecule has 0 aliphatic carbocycles. The number of benzene rings is 1. The van der Waals surface area contributed by atoms with Gasteiger partial charge in [-0.1, -0.05) is 34.7 Å². The fourth-order valence-electron chi connectivity index (χ4n) is 4.17. The van der Waals surface area contributed by atoms with Crippen molar-refractivity contribution >= 4 is 33.5 Å². The summed E-state index contributed by atoms with van der Waals surface area (Å²) in [5, 5.41) is 4.72. The lowest BCUT2D eigenvalue weighted by molar-refractivity contribution is 0.622.